The molecule has 0 unspecified atom stereocenters. The molecular weight excluding hydrogens is 317 g/mol. The Morgan fingerprint density at radius 2 is 1.70 bits per heavy atom. The van der Waals surface area contributed by atoms with Crippen molar-refractivity contribution in [1.82, 2.24) is 0 Å². The van der Waals surface area contributed by atoms with Gasteiger partial charge in [-0.2, -0.15) is 0 Å². The van der Waals surface area contributed by atoms with E-state index >= 15 is 0 Å². The molecular formula is C15H14Cl3NO. The van der Waals surface area contributed by atoms with Crippen LogP contribution in [0.5, 0.6) is 5.75 Å². The highest BCUT2D eigenvalue weighted by Crippen LogP contribution is 2.28. The van der Waals surface area contributed by atoms with Crippen LogP contribution in [-0.2, 0) is 6.54 Å². The Labute approximate surface area is 133 Å². The van der Waals surface area contributed by atoms with Crippen molar-refractivity contribution < 1.29 is 4.74 Å². The smallest absolute Gasteiger partial charge is 0.124 e. The molecule has 106 valence electrons. The zero-order chi connectivity index (χ0) is 14.5. The van der Waals surface area contributed by atoms with E-state index in [9.17, 15) is 0 Å². The summed E-state index contributed by atoms with van der Waals surface area (Å²) in [6.45, 7) is 3.12. The van der Waals surface area contributed by atoms with Crippen LogP contribution in [0.1, 0.15) is 12.5 Å². The molecule has 5 heteroatoms. The van der Waals surface area contributed by atoms with E-state index in [0.717, 1.165) is 17.0 Å². The van der Waals surface area contributed by atoms with Crippen molar-refractivity contribution in [3.8, 4) is 5.75 Å². The molecule has 0 saturated heterocycles. The quantitative estimate of drug-likeness (QED) is 0.764. The topological polar surface area (TPSA) is 21.3 Å². The summed E-state index contributed by atoms with van der Waals surface area (Å²) in [5.41, 5.74) is 1.80. The molecule has 2 rings (SSSR count). The zero-order valence-electron chi connectivity index (χ0n) is 10.9. The molecule has 0 fully saturated rings. The third kappa shape index (κ3) is 3.95. The molecule has 0 aliphatic rings. The minimum atomic E-state index is 0.567. The summed E-state index contributed by atoms with van der Waals surface area (Å²) >= 11 is 18.0. The summed E-state index contributed by atoms with van der Waals surface area (Å²) in [7, 11) is 0. The third-order valence-corrected chi connectivity index (χ3v) is 3.51. The van der Waals surface area contributed by atoms with Crippen LogP contribution < -0.4 is 10.1 Å². The molecule has 0 heterocycles. The van der Waals surface area contributed by atoms with Crippen LogP contribution in [0.3, 0.4) is 0 Å². The Morgan fingerprint density at radius 1 is 1.00 bits per heavy atom. The Balaban J connectivity index is 2.15. The lowest BCUT2D eigenvalue weighted by Crippen LogP contribution is -2.03. The van der Waals surface area contributed by atoms with Gasteiger partial charge in [0.15, 0.2) is 0 Å². The fraction of sp³-hybridized carbons (Fsp3) is 0.200. The van der Waals surface area contributed by atoms with Crippen LogP contribution in [0, 0.1) is 0 Å². The van der Waals surface area contributed by atoms with Gasteiger partial charge in [0.05, 0.1) is 17.3 Å². The fourth-order valence-electron chi connectivity index (χ4n) is 1.81. The van der Waals surface area contributed by atoms with Crippen LogP contribution in [0.15, 0.2) is 36.4 Å². The van der Waals surface area contributed by atoms with Crippen molar-refractivity contribution >= 4 is 40.5 Å². The first-order valence-electron chi connectivity index (χ1n) is 6.20. The van der Waals surface area contributed by atoms with E-state index in [4.69, 9.17) is 39.5 Å². The lowest BCUT2D eigenvalue weighted by atomic mass is 10.2. The van der Waals surface area contributed by atoms with Crippen molar-refractivity contribution in [3.63, 3.8) is 0 Å². The molecule has 0 radical (unpaired) electrons. The van der Waals surface area contributed by atoms with Gasteiger partial charge in [-0.15, -0.1) is 0 Å². The van der Waals surface area contributed by atoms with Gasteiger partial charge in [0.1, 0.15) is 5.75 Å². The first-order chi connectivity index (χ1) is 9.60. The predicted molar refractivity (Wildman–Crippen MR) is 86.4 cm³/mol. The Morgan fingerprint density at radius 3 is 2.40 bits per heavy atom. The summed E-state index contributed by atoms with van der Waals surface area (Å²) < 4.78 is 5.58. The summed E-state index contributed by atoms with van der Waals surface area (Å²) in [5.74, 6) is 0.814. The summed E-state index contributed by atoms with van der Waals surface area (Å²) in [4.78, 5) is 0. The van der Waals surface area contributed by atoms with Crippen LogP contribution in [0.25, 0.3) is 0 Å². The van der Waals surface area contributed by atoms with Crippen LogP contribution in [-0.4, -0.2) is 6.61 Å². The first-order valence-corrected chi connectivity index (χ1v) is 7.33. The molecule has 2 aromatic rings. The van der Waals surface area contributed by atoms with Gasteiger partial charge in [-0.05, 0) is 43.3 Å². The van der Waals surface area contributed by atoms with E-state index in [-0.39, 0.29) is 0 Å². The number of halogens is 3. The third-order valence-electron chi connectivity index (χ3n) is 2.72. The maximum absolute atomic E-state index is 6.12. The van der Waals surface area contributed by atoms with E-state index in [1.54, 1.807) is 12.1 Å². The summed E-state index contributed by atoms with van der Waals surface area (Å²) in [5, 5.41) is 5.12. The van der Waals surface area contributed by atoms with Gasteiger partial charge in [-0.25, -0.2) is 0 Å². The lowest BCUT2D eigenvalue weighted by molar-refractivity contribution is 0.337. The normalized spacial score (nSPS) is 10.4. The highest BCUT2D eigenvalue weighted by molar-refractivity contribution is 6.36. The van der Waals surface area contributed by atoms with Gasteiger partial charge in [0, 0.05) is 22.2 Å². The molecule has 20 heavy (non-hydrogen) atoms. The van der Waals surface area contributed by atoms with Crippen LogP contribution in [0.4, 0.5) is 5.69 Å². The zero-order valence-corrected chi connectivity index (χ0v) is 13.2. The molecule has 0 bridgehead atoms. The molecule has 1 N–H and O–H groups in total. The second-order valence-corrected chi connectivity index (χ2v) is 5.44. The van der Waals surface area contributed by atoms with Gasteiger partial charge in [0.25, 0.3) is 0 Å². The number of hydrogen-bond donors (Lipinski definition) is 1. The molecule has 0 spiro atoms. The van der Waals surface area contributed by atoms with Crippen molar-refractivity contribution in [2.24, 2.45) is 0 Å². The average Bonchev–Trinajstić information content (AvgIpc) is 2.41. The molecule has 2 aromatic carbocycles. The molecule has 0 atom stereocenters. The average molecular weight is 331 g/mol. The molecule has 0 saturated carbocycles. The SMILES string of the molecule is CCOc1ccc(Cl)cc1CNc1ccc(Cl)cc1Cl. The Kier molecular flexibility index (Phi) is 5.41. The van der Waals surface area contributed by atoms with Crippen LogP contribution in [0.2, 0.25) is 15.1 Å². The second-order valence-electron chi connectivity index (χ2n) is 4.16. The summed E-state index contributed by atoms with van der Waals surface area (Å²) in [6, 6.07) is 10.9. The number of hydrogen-bond acceptors (Lipinski definition) is 2. The molecule has 0 aromatic heterocycles. The predicted octanol–water partition coefficient (Wildman–Crippen LogP) is 5.66. The molecule has 2 nitrogen and oxygen atoms in total. The fourth-order valence-corrected chi connectivity index (χ4v) is 2.48. The number of rotatable bonds is 5. The van der Waals surface area contributed by atoms with Crippen molar-refractivity contribution in [2.75, 3.05) is 11.9 Å². The van der Waals surface area contributed by atoms with Gasteiger partial charge in [-0.1, -0.05) is 34.8 Å². The number of nitrogens with one attached hydrogen (secondary N) is 1. The van der Waals surface area contributed by atoms with E-state index < -0.39 is 0 Å². The van der Waals surface area contributed by atoms with Gasteiger partial charge in [-0.3, -0.25) is 0 Å². The molecule has 0 aliphatic heterocycles. The number of anilines is 1. The van der Waals surface area contributed by atoms with Crippen LogP contribution >= 0.6 is 34.8 Å². The minimum Gasteiger partial charge on any atom is -0.494 e. The van der Waals surface area contributed by atoms with Gasteiger partial charge >= 0.3 is 0 Å². The Bertz CT molecular complexity index is 602. The molecule has 0 aliphatic carbocycles. The largest absolute Gasteiger partial charge is 0.494 e. The highest BCUT2D eigenvalue weighted by Gasteiger charge is 2.06. The number of ether oxygens (including phenoxy) is 1. The maximum Gasteiger partial charge on any atom is 0.124 e. The van der Waals surface area contributed by atoms with E-state index in [1.807, 2.05) is 31.2 Å². The van der Waals surface area contributed by atoms with Gasteiger partial charge in [0.2, 0.25) is 0 Å². The highest BCUT2D eigenvalue weighted by atomic mass is 35.5. The monoisotopic (exact) mass is 329 g/mol. The second kappa shape index (κ2) is 7.07. The lowest BCUT2D eigenvalue weighted by Gasteiger charge is -2.13. The Hall–Kier alpha value is -1.09. The minimum absolute atomic E-state index is 0.567. The van der Waals surface area contributed by atoms with Crippen molar-refractivity contribution in [1.29, 1.82) is 0 Å². The first kappa shape index (κ1) is 15.3. The van der Waals surface area contributed by atoms with Crippen molar-refractivity contribution in [3.05, 3.63) is 57.0 Å². The van der Waals surface area contributed by atoms with E-state index in [0.29, 0.717) is 28.2 Å². The van der Waals surface area contributed by atoms with E-state index in [1.165, 1.54) is 0 Å². The van der Waals surface area contributed by atoms with Gasteiger partial charge < -0.3 is 10.1 Å². The molecule has 0 amide bonds. The standard InChI is InChI=1S/C15H14Cl3NO/c1-2-20-15-6-4-11(16)7-10(15)9-19-14-5-3-12(17)8-13(14)18/h3-8,19H,2,9H2,1H3. The van der Waals surface area contributed by atoms with Crippen molar-refractivity contribution in [2.45, 2.75) is 13.5 Å². The maximum atomic E-state index is 6.12. The van der Waals surface area contributed by atoms with E-state index in [2.05, 4.69) is 5.32 Å². The number of benzene rings is 2. The summed E-state index contributed by atoms with van der Waals surface area (Å²) in [6.07, 6.45) is 0.